The minimum absolute atomic E-state index is 0.0240. The Kier molecular flexibility index (Phi) is 6.53. The lowest BCUT2D eigenvalue weighted by Gasteiger charge is -2.18. The highest BCUT2D eigenvalue weighted by atomic mass is 79.9. The smallest absolute Gasteiger partial charge is 0.251 e. The van der Waals surface area contributed by atoms with Crippen molar-refractivity contribution in [2.45, 2.75) is 10.1 Å². The lowest BCUT2D eigenvalue weighted by atomic mass is 10.2. The quantitative estimate of drug-likeness (QED) is 0.542. The SMILES string of the molecule is COc1ccc(S(=O)(=O)[C@@H](CNC(=O)c2ccc(Br)cc2)c2cccs2)cc1. The largest absolute Gasteiger partial charge is 0.497 e. The zero-order valence-corrected chi connectivity index (χ0v) is 18.2. The Labute approximate surface area is 176 Å². The minimum atomic E-state index is -3.70. The molecule has 0 aliphatic carbocycles. The molecule has 3 rings (SSSR count). The van der Waals surface area contributed by atoms with E-state index in [9.17, 15) is 13.2 Å². The van der Waals surface area contributed by atoms with E-state index in [4.69, 9.17) is 4.74 Å². The molecule has 146 valence electrons. The number of ether oxygens (including phenoxy) is 1. The van der Waals surface area contributed by atoms with Gasteiger partial charge in [0.2, 0.25) is 0 Å². The summed E-state index contributed by atoms with van der Waals surface area (Å²) in [5.74, 6) is 0.258. The van der Waals surface area contributed by atoms with Crippen molar-refractivity contribution in [3.63, 3.8) is 0 Å². The first-order chi connectivity index (χ1) is 13.4. The normalized spacial score (nSPS) is 12.4. The van der Waals surface area contributed by atoms with Crippen molar-refractivity contribution in [3.8, 4) is 5.75 Å². The first-order valence-electron chi connectivity index (χ1n) is 8.37. The molecule has 0 fully saturated rings. The predicted octanol–water partition coefficient (Wildman–Crippen LogP) is 4.46. The number of methoxy groups -OCH3 is 1. The molecule has 5 nitrogen and oxygen atoms in total. The molecule has 1 heterocycles. The fraction of sp³-hybridized carbons (Fsp3) is 0.150. The second-order valence-electron chi connectivity index (χ2n) is 5.94. The van der Waals surface area contributed by atoms with Gasteiger partial charge in [-0.05, 0) is 60.0 Å². The molecule has 1 amide bonds. The van der Waals surface area contributed by atoms with Gasteiger partial charge in [0.25, 0.3) is 5.91 Å². The van der Waals surface area contributed by atoms with E-state index in [1.807, 2.05) is 5.38 Å². The zero-order valence-electron chi connectivity index (χ0n) is 15.0. The standard InChI is InChI=1S/C20H18BrNO4S2/c1-26-16-8-10-17(11-9-16)28(24,25)19(18-3-2-12-27-18)13-22-20(23)14-4-6-15(21)7-5-14/h2-12,19H,13H2,1H3,(H,22,23)/t19-/m0/s1. The molecule has 0 aliphatic heterocycles. The van der Waals surface area contributed by atoms with E-state index in [0.29, 0.717) is 16.2 Å². The van der Waals surface area contributed by atoms with E-state index < -0.39 is 15.1 Å². The van der Waals surface area contributed by atoms with Crippen LogP contribution in [0.2, 0.25) is 0 Å². The maximum absolute atomic E-state index is 13.2. The van der Waals surface area contributed by atoms with Crippen molar-refractivity contribution in [3.05, 3.63) is 81.0 Å². The highest BCUT2D eigenvalue weighted by Gasteiger charge is 2.30. The lowest BCUT2D eigenvalue weighted by molar-refractivity contribution is 0.0953. The average molecular weight is 480 g/mol. The number of sulfone groups is 1. The van der Waals surface area contributed by atoms with Gasteiger partial charge in [0.05, 0.1) is 12.0 Å². The molecule has 0 saturated heterocycles. The summed E-state index contributed by atoms with van der Waals surface area (Å²) in [4.78, 5) is 13.3. The van der Waals surface area contributed by atoms with Crippen LogP contribution in [0.1, 0.15) is 20.5 Å². The topological polar surface area (TPSA) is 72.5 Å². The van der Waals surface area contributed by atoms with E-state index in [-0.39, 0.29) is 17.3 Å². The van der Waals surface area contributed by atoms with Crippen molar-refractivity contribution in [1.29, 1.82) is 0 Å². The van der Waals surface area contributed by atoms with Gasteiger partial charge in [0.15, 0.2) is 9.84 Å². The molecule has 0 saturated carbocycles. The Morgan fingerprint density at radius 2 is 1.79 bits per heavy atom. The summed E-state index contributed by atoms with van der Waals surface area (Å²) in [7, 11) is -2.18. The highest BCUT2D eigenvalue weighted by Crippen LogP contribution is 2.32. The van der Waals surface area contributed by atoms with Crippen molar-refractivity contribution >= 4 is 43.0 Å². The third kappa shape index (κ3) is 4.63. The average Bonchev–Trinajstić information content (AvgIpc) is 3.22. The molecule has 0 spiro atoms. The second kappa shape index (κ2) is 8.89. The number of halogens is 1. The number of thiophene rings is 1. The maximum atomic E-state index is 13.2. The summed E-state index contributed by atoms with van der Waals surface area (Å²) in [5, 5.41) is 3.70. The molecule has 0 radical (unpaired) electrons. The Balaban J connectivity index is 1.85. The second-order valence-corrected chi connectivity index (χ2v) is 9.97. The molecule has 3 aromatic rings. The number of carbonyl (C=O) groups is 1. The number of rotatable bonds is 7. The van der Waals surface area contributed by atoms with Crippen LogP contribution < -0.4 is 10.1 Å². The van der Waals surface area contributed by atoms with Crippen LogP contribution in [-0.4, -0.2) is 28.0 Å². The van der Waals surface area contributed by atoms with E-state index in [1.165, 1.54) is 30.6 Å². The molecule has 0 aliphatic rings. The van der Waals surface area contributed by atoms with Gasteiger partial charge in [-0.1, -0.05) is 22.0 Å². The van der Waals surface area contributed by atoms with Gasteiger partial charge in [-0.15, -0.1) is 11.3 Å². The molecule has 2 aromatic carbocycles. The van der Waals surface area contributed by atoms with Crippen LogP contribution in [0.3, 0.4) is 0 Å². The molecule has 0 unspecified atom stereocenters. The summed E-state index contributed by atoms with van der Waals surface area (Å²) >= 11 is 4.67. The van der Waals surface area contributed by atoms with Gasteiger partial charge in [0.1, 0.15) is 11.0 Å². The number of hydrogen-bond acceptors (Lipinski definition) is 5. The maximum Gasteiger partial charge on any atom is 0.251 e. The van der Waals surface area contributed by atoms with Gasteiger partial charge < -0.3 is 10.1 Å². The summed E-state index contributed by atoms with van der Waals surface area (Å²) in [6, 6.07) is 16.7. The molecule has 1 atom stereocenters. The third-order valence-corrected chi connectivity index (χ3v) is 7.94. The number of amides is 1. The summed E-state index contributed by atoms with van der Waals surface area (Å²) in [6.45, 7) is -0.0240. The van der Waals surface area contributed by atoms with Crippen molar-refractivity contribution in [2.24, 2.45) is 0 Å². The molecular weight excluding hydrogens is 462 g/mol. The monoisotopic (exact) mass is 479 g/mol. The van der Waals surface area contributed by atoms with E-state index in [1.54, 1.807) is 48.5 Å². The highest BCUT2D eigenvalue weighted by molar-refractivity contribution is 9.10. The van der Waals surface area contributed by atoms with Crippen molar-refractivity contribution < 1.29 is 17.9 Å². The van der Waals surface area contributed by atoms with Crippen LogP contribution in [0.5, 0.6) is 5.75 Å². The summed E-state index contributed by atoms with van der Waals surface area (Å²) in [6.07, 6.45) is 0. The predicted molar refractivity (Wildman–Crippen MR) is 114 cm³/mol. The zero-order chi connectivity index (χ0) is 20.1. The summed E-state index contributed by atoms with van der Waals surface area (Å²) < 4.78 is 32.4. The number of hydrogen-bond donors (Lipinski definition) is 1. The van der Waals surface area contributed by atoms with Crippen molar-refractivity contribution in [1.82, 2.24) is 5.32 Å². The van der Waals surface area contributed by atoms with Gasteiger partial charge in [-0.3, -0.25) is 4.79 Å². The molecule has 28 heavy (non-hydrogen) atoms. The van der Waals surface area contributed by atoms with Crippen LogP contribution in [0, 0.1) is 0 Å². The lowest BCUT2D eigenvalue weighted by Crippen LogP contribution is -2.31. The van der Waals surface area contributed by atoms with E-state index >= 15 is 0 Å². The fourth-order valence-electron chi connectivity index (χ4n) is 2.66. The van der Waals surface area contributed by atoms with Crippen LogP contribution >= 0.6 is 27.3 Å². The van der Waals surface area contributed by atoms with Crippen LogP contribution in [0.25, 0.3) is 0 Å². The number of benzene rings is 2. The summed E-state index contributed by atoms with van der Waals surface area (Å²) in [5.41, 5.74) is 0.468. The Bertz CT molecular complexity index is 1030. The van der Waals surface area contributed by atoms with Gasteiger partial charge in [-0.25, -0.2) is 8.42 Å². The molecule has 1 aromatic heterocycles. The van der Waals surface area contributed by atoms with Gasteiger partial charge >= 0.3 is 0 Å². The third-order valence-electron chi connectivity index (χ3n) is 4.18. The molecule has 1 N–H and O–H groups in total. The number of nitrogens with one attached hydrogen (secondary N) is 1. The Morgan fingerprint density at radius 3 is 2.36 bits per heavy atom. The van der Waals surface area contributed by atoms with Crippen LogP contribution in [0.4, 0.5) is 0 Å². The van der Waals surface area contributed by atoms with Gasteiger partial charge in [-0.2, -0.15) is 0 Å². The minimum Gasteiger partial charge on any atom is -0.497 e. The molecule has 0 bridgehead atoms. The first-order valence-corrected chi connectivity index (χ1v) is 11.6. The van der Waals surface area contributed by atoms with Crippen LogP contribution in [0.15, 0.2) is 75.4 Å². The van der Waals surface area contributed by atoms with E-state index in [2.05, 4.69) is 21.2 Å². The van der Waals surface area contributed by atoms with Crippen LogP contribution in [-0.2, 0) is 9.84 Å². The Morgan fingerprint density at radius 1 is 1.11 bits per heavy atom. The number of carbonyl (C=O) groups excluding carboxylic acids is 1. The van der Waals surface area contributed by atoms with E-state index in [0.717, 1.165) is 4.47 Å². The first kappa shape index (κ1) is 20.6. The Hall–Kier alpha value is -2.16. The molecular formula is C20H18BrNO4S2. The van der Waals surface area contributed by atoms with Gasteiger partial charge in [0, 0.05) is 21.5 Å². The van der Waals surface area contributed by atoms with Crippen molar-refractivity contribution in [2.75, 3.05) is 13.7 Å². The fourth-order valence-corrected chi connectivity index (χ4v) is 5.70. The molecule has 8 heteroatoms.